The zero-order chi connectivity index (χ0) is 14.0. The van der Waals surface area contributed by atoms with E-state index in [0.29, 0.717) is 16.3 Å². The third kappa shape index (κ3) is 3.15. The standard InChI is InChI=1S/C16H15ClO2/c1-10-4-6-13(7-5-10)16(18)19-14-8-11(2)15(17)12(3)9-14/h4-9H,1-3H3. The molecule has 0 saturated heterocycles. The number of carbonyl (C=O) groups is 1. The summed E-state index contributed by atoms with van der Waals surface area (Å²) in [6.07, 6.45) is 0. The van der Waals surface area contributed by atoms with E-state index in [1.165, 1.54) is 0 Å². The maximum absolute atomic E-state index is 12.0. The maximum Gasteiger partial charge on any atom is 0.343 e. The highest BCUT2D eigenvalue weighted by Crippen LogP contribution is 2.26. The minimum absolute atomic E-state index is 0.360. The molecule has 0 atom stereocenters. The van der Waals surface area contributed by atoms with Gasteiger partial charge in [0.15, 0.2) is 0 Å². The molecular weight excluding hydrogens is 260 g/mol. The van der Waals surface area contributed by atoms with Crippen LogP contribution in [0.4, 0.5) is 0 Å². The number of rotatable bonds is 2. The van der Waals surface area contributed by atoms with Gasteiger partial charge in [-0.3, -0.25) is 0 Å². The number of hydrogen-bond acceptors (Lipinski definition) is 2. The van der Waals surface area contributed by atoms with Crippen molar-refractivity contribution in [3.05, 3.63) is 63.7 Å². The fraction of sp³-hybridized carbons (Fsp3) is 0.188. The van der Waals surface area contributed by atoms with Crippen LogP contribution in [0.3, 0.4) is 0 Å². The molecule has 0 aromatic heterocycles. The van der Waals surface area contributed by atoms with E-state index in [1.807, 2.05) is 32.9 Å². The van der Waals surface area contributed by atoms with Crippen molar-refractivity contribution in [3.63, 3.8) is 0 Å². The van der Waals surface area contributed by atoms with E-state index < -0.39 is 0 Å². The van der Waals surface area contributed by atoms with E-state index in [2.05, 4.69) is 0 Å². The monoisotopic (exact) mass is 274 g/mol. The van der Waals surface area contributed by atoms with Gasteiger partial charge in [-0.1, -0.05) is 29.3 Å². The first kappa shape index (κ1) is 13.6. The van der Waals surface area contributed by atoms with Crippen LogP contribution in [0.1, 0.15) is 27.0 Å². The molecule has 0 unspecified atom stereocenters. The lowest BCUT2D eigenvalue weighted by Gasteiger charge is -2.08. The molecule has 0 aliphatic heterocycles. The summed E-state index contributed by atoms with van der Waals surface area (Å²) in [6, 6.07) is 10.8. The van der Waals surface area contributed by atoms with Crippen molar-refractivity contribution >= 4 is 17.6 Å². The lowest BCUT2D eigenvalue weighted by atomic mass is 10.1. The Kier molecular flexibility index (Phi) is 3.91. The number of carbonyl (C=O) groups excluding carboxylic acids is 1. The predicted octanol–water partition coefficient (Wildman–Crippen LogP) is 4.48. The van der Waals surface area contributed by atoms with E-state index in [0.717, 1.165) is 16.7 Å². The van der Waals surface area contributed by atoms with Gasteiger partial charge in [-0.2, -0.15) is 0 Å². The number of hydrogen-bond donors (Lipinski definition) is 0. The molecule has 0 amide bonds. The summed E-state index contributed by atoms with van der Waals surface area (Å²) in [7, 11) is 0. The third-order valence-corrected chi connectivity index (χ3v) is 3.50. The Morgan fingerprint density at radius 3 is 2.05 bits per heavy atom. The van der Waals surface area contributed by atoms with Crippen LogP contribution in [0.2, 0.25) is 5.02 Å². The molecule has 2 rings (SSSR count). The van der Waals surface area contributed by atoms with Crippen molar-refractivity contribution in [1.82, 2.24) is 0 Å². The highest BCUT2D eigenvalue weighted by atomic mass is 35.5. The van der Waals surface area contributed by atoms with Crippen molar-refractivity contribution in [2.45, 2.75) is 20.8 Å². The quantitative estimate of drug-likeness (QED) is 0.596. The molecule has 98 valence electrons. The Labute approximate surface area is 118 Å². The molecule has 0 aliphatic carbocycles. The molecule has 0 N–H and O–H groups in total. The number of benzene rings is 2. The Hall–Kier alpha value is -1.80. The molecular formula is C16H15ClO2. The van der Waals surface area contributed by atoms with Gasteiger partial charge in [0.05, 0.1) is 5.56 Å². The van der Waals surface area contributed by atoms with Gasteiger partial charge in [-0.05, 0) is 56.2 Å². The largest absolute Gasteiger partial charge is 0.423 e. The summed E-state index contributed by atoms with van der Waals surface area (Å²) in [5, 5.41) is 0.704. The van der Waals surface area contributed by atoms with Gasteiger partial charge in [-0.25, -0.2) is 4.79 Å². The fourth-order valence-electron chi connectivity index (χ4n) is 1.82. The molecule has 19 heavy (non-hydrogen) atoms. The third-order valence-electron chi connectivity index (χ3n) is 2.91. The zero-order valence-electron chi connectivity index (χ0n) is 11.2. The van der Waals surface area contributed by atoms with Gasteiger partial charge in [0.25, 0.3) is 0 Å². The van der Waals surface area contributed by atoms with Crippen molar-refractivity contribution < 1.29 is 9.53 Å². The van der Waals surface area contributed by atoms with E-state index in [-0.39, 0.29) is 5.97 Å². The second kappa shape index (κ2) is 5.45. The Bertz CT molecular complexity index is 592. The van der Waals surface area contributed by atoms with Crippen LogP contribution >= 0.6 is 11.6 Å². The summed E-state index contributed by atoms with van der Waals surface area (Å²) >= 11 is 6.08. The van der Waals surface area contributed by atoms with E-state index in [9.17, 15) is 4.79 Å². The maximum atomic E-state index is 12.0. The first-order chi connectivity index (χ1) is 8.97. The molecule has 0 spiro atoms. The summed E-state index contributed by atoms with van der Waals surface area (Å²) in [5.41, 5.74) is 3.44. The van der Waals surface area contributed by atoms with Crippen LogP contribution in [0.15, 0.2) is 36.4 Å². The topological polar surface area (TPSA) is 26.3 Å². The van der Waals surface area contributed by atoms with Crippen LogP contribution in [-0.2, 0) is 0 Å². The summed E-state index contributed by atoms with van der Waals surface area (Å²) < 4.78 is 5.36. The molecule has 2 aromatic carbocycles. The Morgan fingerprint density at radius 2 is 1.53 bits per heavy atom. The van der Waals surface area contributed by atoms with Crippen LogP contribution in [-0.4, -0.2) is 5.97 Å². The number of esters is 1. The van der Waals surface area contributed by atoms with Crippen LogP contribution in [0.5, 0.6) is 5.75 Å². The average molecular weight is 275 g/mol. The predicted molar refractivity (Wildman–Crippen MR) is 77.1 cm³/mol. The molecule has 0 bridgehead atoms. The highest BCUT2D eigenvalue weighted by Gasteiger charge is 2.10. The first-order valence-electron chi connectivity index (χ1n) is 6.03. The van der Waals surface area contributed by atoms with E-state index in [4.69, 9.17) is 16.3 Å². The summed E-state index contributed by atoms with van der Waals surface area (Å²) in [6.45, 7) is 5.75. The normalized spacial score (nSPS) is 10.3. The molecule has 0 heterocycles. The summed E-state index contributed by atoms with van der Waals surface area (Å²) in [5.74, 6) is 0.158. The SMILES string of the molecule is Cc1ccc(C(=O)Oc2cc(C)c(Cl)c(C)c2)cc1. The Balaban J connectivity index is 2.22. The van der Waals surface area contributed by atoms with Crippen LogP contribution in [0, 0.1) is 20.8 Å². The zero-order valence-corrected chi connectivity index (χ0v) is 11.9. The second-order valence-corrected chi connectivity index (χ2v) is 5.00. The van der Waals surface area contributed by atoms with Crippen molar-refractivity contribution in [2.75, 3.05) is 0 Å². The average Bonchev–Trinajstić information content (AvgIpc) is 2.36. The lowest BCUT2D eigenvalue weighted by molar-refractivity contribution is 0.0734. The van der Waals surface area contributed by atoms with E-state index >= 15 is 0 Å². The molecule has 3 heteroatoms. The lowest BCUT2D eigenvalue weighted by Crippen LogP contribution is -2.08. The number of halogens is 1. The van der Waals surface area contributed by atoms with Crippen LogP contribution in [0.25, 0.3) is 0 Å². The van der Waals surface area contributed by atoms with Gasteiger partial charge in [0, 0.05) is 5.02 Å². The van der Waals surface area contributed by atoms with Crippen LogP contribution < -0.4 is 4.74 Å². The minimum atomic E-state index is -0.360. The fourth-order valence-corrected chi connectivity index (χ4v) is 1.93. The molecule has 0 radical (unpaired) electrons. The smallest absolute Gasteiger partial charge is 0.343 e. The van der Waals surface area contributed by atoms with Gasteiger partial charge in [0.2, 0.25) is 0 Å². The van der Waals surface area contributed by atoms with Gasteiger partial charge >= 0.3 is 5.97 Å². The highest BCUT2D eigenvalue weighted by molar-refractivity contribution is 6.32. The molecule has 2 aromatic rings. The van der Waals surface area contributed by atoms with Gasteiger partial charge in [0.1, 0.15) is 5.75 Å². The minimum Gasteiger partial charge on any atom is -0.423 e. The molecule has 2 nitrogen and oxygen atoms in total. The second-order valence-electron chi connectivity index (χ2n) is 4.63. The number of aryl methyl sites for hydroxylation is 3. The Morgan fingerprint density at radius 1 is 1.00 bits per heavy atom. The van der Waals surface area contributed by atoms with Crippen molar-refractivity contribution in [3.8, 4) is 5.75 Å². The summed E-state index contributed by atoms with van der Waals surface area (Å²) in [4.78, 5) is 12.0. The number of ether oxygens (including phenoxy) is 1. The molecule has 0 fully saturated rings. The molecule has 0 saturated carbocycles. The van der Waals surface area contributed by atoms with Crippen molar-refractivity contribution in [2.24, 2.45) is 0 Å². The van der Waals surface area contributed by atoms with Crippen molar-refractivity contribution in [1.29, 1.82) is 0 Å². The van der Waals surface area contributed by atoms with Gasteiger partial charge < -0.3 is 4.74 Å². The van der Waals surface area contributed by atoms with E-state index in [1.54, 1.807) is 24.3 Å². The first-order valence-corrected chi connectivity index (χ1v) is 6.41. The van der Waals surface area contributed by atoms with Gasteiger partial charge in [-0.15, -0.1) is 0 Å². The molecule has 0 aliphatic rings.